The zero-order valence-corrected chi connectivity index (χ0v) is 17.2. The molecule has 1 aromatic heterocycles. The van der Waals surface area contributed by atoms with Gasteiger partial charge in [-0.3, -0.25) is 9.69 Å². The van der Waals surface area contributed by atoms with E-state index in [1.54, 1.807) is 25.1 Å². The number of hydrogen-bond donors (Lipinski definition) is 0. The maximum absolute atomic E-state index is 12.9. The second-order valence-electron chi connectivity index (χ2n) is 6.49. The number of hydrogen-bond acceptors (Lipinski definition) is 5. The number of pyridine rings is 1. The summed E-state index contributed by atoms with van der Waals surface area (Å²) in [6.07, 6.45) is 6.26. The highest BCUT2D eigenvalue weighted by atomic mass is 79.9. The predicted molar refractivity (Wildman–Crippen MR) is 104 cm³/mol. The monoisotopic (exact) mass is 428 g/mol. The number of aromatic nitrogens is 1. The van der Waals surface area contributed by atoms with Crippen LogP contribution in [0.4, 0.5) is 5.82 Å². The van der Waals surface area contributed by atoms with Crippen LogP contribution in [0.15, 0.2) is 22.8 Å². The van der Waals surface area contributed by atoms with Crippen molar-refractivity contribution < 1.29 is 19.0 Å². The van der Waals surface area contributed by atoms with Gasteiger partial charge in [0.2, 0.25) is 0 Å². The first-order valence-electron chi connectivity index (χ1n) is 9.27. The largest absolute Gasteiger partial charge is 0.385 e. The first kappa shape index (κ1) is 21.3. The minimum absolute atomic E-state index is 0.0759. The van der Waals surface area contributed by atoms with E-state index in [9.17, 15) is 4.79 Å². The Morgan fingerprint density at radius 3 is 2.92 bits per heavy atom. The summed E-state index contributed by atoms with van der Waals surface area (Å²) in [5.41, 5.74) is 0. The third-order valence-corrected chi connectivity index (χ3v) is 4.86. The molecule has 1 fully saturated rings. The lowest BCUT2D eigenvalue weighted by atomic mass is 10.1. The molecule has 0 aliphatic carbocycles. The number of carbonyl (C=O) groups excluding carboxylic acids is 1. The highest BCUT2D eigenvalue weighted by Crippen LogP contribution is 2.18. The fraction of sp³-hybridized carbons (Fsp3) is 0.684. The van der Waals surface area contributed by atoms with Crippen LogP contribution in [0, 0.1) is 0 Å². The maximum Gasteiger partial charge on any atom is 0.256 e. The summed E-state index contributed by atoms with van der Waals surface area (Å²) < 4.78 is 17.5. The van der Waals surface area contributed by atoms with Gasteiger partial charge in [-0.15, -0.1) is 0 Å². The molecule has 26 heavy (non-hydrogen) atoms. The molecule has 0 saturated carbocycles. The Bertz CT molecular complexity index is 535. The first-order chi connectivity index (χ1) is 12.6. The van der Waals surface area contributed by atoms with Crippen LogP contribution in [-0.2, 0) is 19.0 Å². The lowest BCUT2D eigenvalue weighted by molar-refractivity contribution is -0.132. The standard InChI is InChI=1S/C19H29BrN2O4/c1-15(26-14-17-7-3-5-12-25-17)19(23)22(10-4-6-11-24-2)18-9-8-16(20)13-21-18/h8-9,13,15,17H,3-7,10-12,14H2,1-2H3/t15-,17-/m1/s1. The Labute approximate surface area is 164 Å². The number of anilines is 1. The molecule has 1 aromatic rings. The third kappa shape index (κ3) is 6.95. The molecule has 1 aliphatic rings. The van der Waals surface area contributed by atoms with Crippen molar-refractivity contribution in [3.05, 3.63) is 22.8 Å². The van der Waals surface area contributed by atoms with E-state index in [0.717, 1.165) is 43.2 Å². The zero-order valence-electron chi connectivity index (χ0n) is 15.7. The minimum atomic E-state index is -0.534. The summed E-state index contributed by atoms with van der Waals surface area (Å²) in [5, 5.41) is 0. The Morgan fingerprint density at radius 1 is 1.42 bits per heavy atom. The Balaban J connectivity index is 1.94. The third-order valence-electron chi connectivity index (χ3n) is 4.39. The first-order valence-corrected chi connectivity index (χ1v) is 10.1. The molecule has 146 valence electrons. The second-order valence-corrected chi connectivity index (χ2v) is 7.40. The molecule has 0 spiro atoms. The van der Waals surface area contributed by atoms with E-state index < -0.39 is 6.10 Å². The van der Waals surface area contributed by atoms with Gasteiger partial charge in [-0.05, 0) is 67.1 Å². The van der Waals surface area contributed by atoms with Crippen LogP contribution in [-0.4, -0.2) is 56.6 Å². The number of methoxy groups -OCH3 is 1. The van der Waals surface area contributed by atoms with E-state index in [1.165, 1.54) is 0 Å². The van der Waals surface area contributed by atoms with Crippen LogP contribution >= 0.6 is 15.9 Å². The van der Waals surface area contributed by atoms with E-state index in [1.807, 2.05) is 12.1 Å². The summed E-state index contributed by atoms with van der Waals surface area (Å²) in [4.78, 5) is 19.0. The molecule has 0 bridgehead atoms. The molecule has 7 heteroatoms. The second kappa shape index (κ2) is 11.6. The van der Waals surface area contributed by atoms with Gasteiger partial charge in [0.05, 0.1) is 12.7 Å². The van der Waals surface area contributed by atoms with Gasteiger partial charge in [0.1, 0.15) is 11.9 Å². The number of nitrogens with zero attached hydrogens (tertiary/aromatic N) is 2. The predicted octanol–water partition coefficient (Wildman–Crippen LogP) is 3.58. The van der Waals surface area contributed by atoms with Crippen molar-refractivity contribution in [3.8, 4) is 0 Å². The highest BCUT2D eigenvalue weighted by Gasteiger charge is 2.25. The topological polar surface area (TPSA) is 60.9 Å². The molecule has 0 radical (unpaired) electrons. The number of rotatable bonds is 10. The fourth-order valence-electron chi connectivity index (χ4n) is 2.86. The molecule has 2 rings (SSSR count). The molecule has 0 unspecified atom stereocenters. The van der Waals surface area contributed by atoms with Gasteiger partial charge < -0.3 is 14.2 Å². The number of halogens is 1. The molecule has 1 amide bonds. The minimum Gasteiger partial charge on any atom is -0.385 e. The average Bonchev–Trinajstić information content (AvgIpc) is 2.67. The summed E-state index contributed by atoms with van der Waals surface area (Å²) in [6.45, 7) is 4.31. The van der Waals surface area contributed by atoms with Gasteiger partial charge in [-0.1, -0.05) is 0 Å². The van der Waals surface area contributed by atoms with E-state index >= 15 is 0 Å². The molecule has 1 saturated heterocycles. The Hall–Kier alpha value is -1.02. The number of unbranched alkanes of at least 4 members (excludes halogenated alkanes) is 1. The van der Waals surface area contributed by atoms with E-state index in [2.05, 4.69) is 20.9 Å². The van der Waals surface area contributed by atoms with E-state index in [-0.39, 0.29) is 12.0 Å². The Kier molecular flexibility index (Phi) is 9.53. The molecule has 6 nitrogen and oxygen atoms in total. The summed E-state index contributed by atoms with van der Waals surface area (Å²) in [5.74, 6) is 0.563. The van der Waals surface area contributed by atoms with Crippen LogP contribution in [0.3, 0.4) is 0 Å². The van der Waals surface area contributed by atoms with Crippen LogP contribution in [0.2, 0.25) is 0 Å². The molecule has 0 aromatic carbocycles. The number of ether oxygens (including phenoxy) is 3. The van der Waals surface area contributed by atoms with Crippen LogP contribution in [0.25, 0.3) is 0 Å². The summed E-state index contributed by atoms with van der Waals surface area (Å²) in [6, 6.07) is 3.73. The van der Waals surface area contributed by atoms with Crippen molar-refractivity contribution in [2.24, 2.45) is 0 Å². The molecular weight excluding hydrogens is 400 g/mol. The van der Waals surface area contributed by atoms with Crippen molar-refractivity contribution >= 4 is 27.7 Å². The van der Waals surface area contributed by atoms with Crippen molar-refractivity contribution in [2.75, 3.05) is 38.4 Å². The molecule has 2 heterocycles. The molecular formula is C19H29BrN2O4. The van der Waals surface area contributed by atoms with Gasteiger partial charge >= 0.3 is 0 Å². The quantitative estimate of drug-likeness (QED) is 0.532. The van der Waals surface area contributed by atoms with Gasteiger partial charge in [0.25, 0.3) is 5.91 Å². The van der Waals surface area contributed by atoms with Gasteiger partial charge in [0.15, 0.2) is 0 Å². The van der Waals surface area contributed by atoms with Gasteiger partial charge in [-0.25, -0.2) is 4.98 Å². The molecule has 1 aliphatic heterocycles. The highest BCUT2D eigenvalue weighted by molar-refractivity contribution is 9.10. The van der Waals surface area contributed by atoms with Gasteiger partial charge in [0, 0.05) is 37.5 Å². The van der Waals surface area contributed by atoms with Gasteiger partial charge in [-0.2, -0.15) is 0 Å². The van der Waals surface area contributed by atoms with Crippen molar-refractivity contribution in [3.63, 3.8) is 0 Å². The summed E-state index contributed by atoms with van der Waals surface area (Å²) in [7, 11) is 1.68. The van der Waals surface area contributed by atoms with Crippen LogP contribution in [0.1, 0.15) is 39.0 Å². The lowest BCUT2D eigenvalue weighted by Gasteiger charge is -2.27. The molecule has 2 atom stereocenters. The lowest BCUT2D eigenvalue weighted by Crippen LogP contribution is -2.41. The number of amides is 1. The Morgan fingerprint density at radius 2 is 2.27 bits per heavy atom. The number of carbonyl (C=O) groups is 1. The fourth-order valence-corrected chi connectivity index (χ4v) is 3.10. The van der Waals surface area contributed by atoms with E-state index in [4.69, 9.17) is 14.2 Å². The van der Waals surface area contributed by atoms with Crippen molar-refractivity contribution in [2.45, 2.75) is 51.2 Å². The van der Waals surface area contributed by atoms with Crippen molar-refractivity contribution in [1.29, 1.82) is 0 Å². The average molecular weight is 429 g/mol. The zero-order chi connectivity index (χ0) is 18.8. The van der Waals surface area contributed by atoms with Crippen LogP contribution in [0.5, 0.6) is 0 Å². The summed E-state index contributed by atoms with van der Waals surface area (Å²) >= 11 is 3.38. The van der Waals surface area contributed by atoms with Crippen molar-refractivity contribution in [1.82, 2.24) is 4.98 Å². The maximum atomic E-state index is 12.9. The smallest absolute Gasteiger partial charge is 0.256 e. The van der Waals surface area contributed by atoms with E-state index in [0.29, 0.717) is 25.6 Å². The normalized spacial score (nSPS) is 18.5. The SMILES string of the molecule is COCCCCN(C(=O)[C@@H](C)OC[C@H]1CCCCO1)c1ccc(Br)cn1. The van der Waals surface area contributed by atoms with Crippen LogP contribution < -0.4 is 4.90 Å². The molecule has 0 N–H and O–H groups in total.